The van der Waals surface area contributed by atoms with Crippen molar-refractivity contribution in [1.29, 1.82) is 0 Å². The van der Waals surface area contributed by atoms with Gasteiger partial charge < -0.3 is 30.7 Å². The fourth-order valence-electron chi connectivity index (χ4n) is 5.92. The highest BCUT2D eigenvalue weighted by Gasteiger charge is 2.31. The molecule has 4 amide bonds. The largest absolute Gasteiger partial charge is 0.449 e. The van der Waals surface area contributed by atoms with Gasteiger partial charge in [-0.15, -0.1) is 0 Å². The molecule has 0 aromatic heterocycles. The van der Waals surface area contributed by atoms with Gasteiger partial charge in [0.25, 0.3) is 0 Å². The smallest absolute Gasteiger partial charge is 0.407 e. The third kappa shape index (κ3) is 9.95. The number of hydrogen-bond acceptors (Lipinski definition) is 6. The predicted molar refractivity (Wildman–Crippen MR) is 191 cm³/mol. The molecular weight excluding hydrogens is 632 g/mol. The molecule has 0 saturated heterocycles. The van der Waals surface area contributed by atoms with E-state index >= 15 is 0 Å². The highest BCUT2D eigenvalue weighted by atomic mass is 16.6. The highest BCUT2D eigenvalue weighted by molar-refractivity contribution is 5.91. The van der Waals surface area contributed by atoms with Gasteiger partial charge in [-0.05, 0) is 60.6 Å². The number of rotatable bonds is 13. The number of carbonyl (C=O) groups is 4. The van der Waals surface area contributed by atoms with Crippen LogP contribution in [0.3, 0.4) is 0 Å². The Bertz CT molecular complexity index is 1730. The van der Waals surface area contributed by atoms with Crippen molar-refractivity contribution in [2.75, 3.05) is 13.2 Å². The van der Waals surface area contributed by atoms with E-state index in [9.17, 15) is 19.2 Å². The summed E-state index contributed by atoms with van der Waals surface area (Å²) < 4.78 is 11.1. The van der Waals surface area contributed by atoms with Crippen LogP contribution in [0.25, 0.3) is 11.1 Å². The van der Waals surface area contributed by atoms with Gasteiger partial charge in [0.1, 0.15) is 24.3 Å². The number of hydrogen-bond donors (Lipinski definition) is 4. The molecule has 0 heterocycles. The number of fused-ring (bicyclic) bond motifs is 3. The molecule has 0 aliphatic heterocycles. The lowest BCUT2D eigenvalue weighted by Crippen LogP contribution is -2.55. The lowest BCUT2D eigenvalue weighted by atomic mass is 9.98. The van der Waals surface area contributed by atoms with Crippen LogP contribution in [-0.4, -0.2) is 54.8 Å². The monoisotopic (exact) mass is 676 g/mol. The maximum atomic E-state index is 13.8. The van der Waals surface area contributed by atoms with Gasteiger partial charge in [0.05, 0.1) is 0 Å². The lowest BCUT2D eigenvalue weighted by molar-refractivity contribution is -0.130. The second-order valence-electron chi connectivity index (χ2n) is 13.2. The van der Waals surface area contributed by atoms with Crippen molar-refractivity contribution in [2.24, 2.45) is 0 Å². The molecule has 1 aliphatic carbocycles. The van der Waals surface area contributed by atoms with Gasteiger partial charge in [-0.25, -0.2) is 9.59 Å². The zero-order valence-electron chi connectivity index (χ0n) is 28.6. The molecule has 0 spiro atoms. The van der Waals surface area contributed by atoms with Gasteiger partial charge in [0.15, 0.2) is 0 Å². The van der Waals surface area contributed by atoms with E-state index in [0.29, 0.717) is 0 Å². The molecular formula is C40H44N4O6. The third-order valence-corrected chi connectivity index (χ3v) is 8.28. The quantitative estimate of drug-likeness (QED) is 0.140. The summed E-state index contributed by atoms with van der Waals surface area (Å²) in [5, 5.41) is 11.1. The van der Waals surface area contributed by atoms with Crippen LogP contribution in [0.15, 0.2) is 109 Å². The molecule has 50 heavy (non-hydrogen) atoms. The summed E-state index contributed by atoms with van der Waals surface area (Å²) in [6, 6.07) is 32.7. The van der Waals surface area contributed by atoms with Gasteiger partial charge >= 0.3 is 12.2 Å². The number of ether oxygens (including phenoxy) is 2. The van der Waals surface area contributed by atoms with Crippen molar-refractivity contribution in [1.82, 2.24) is 21.3 Å². The fourth-order valence-corrected chi connectivity index (χ4v) is 5.92. The zero-order valence-corrected chi connectivity index (χ0v) is 28.6. The van der Waals surface area contributed by atoms with Gasteiger partial charge in [-0.1, -0.05) is 109 Å². The molecule has 4 N–H and O–H groups in total. The molecule has 0 bridgehead atoms. The first-order valence-corrected chi connectivity index (χ1v) is 16.8. The van der Waals surface area contributed by atoms with Crippen LogP contribution < -0.4 is 21.3 Å². The average molecular weight is 677 g/mol. The Hall–Kier alpha value is -5.64. The van der Waals surface area contributed by atoms with Gasteiger partial charge in [-0.3, -0.25) is 9.59 Å². The lowest BCUT2D eigenvalue weighted by Gasteiger charge is -2.24. The van der Waals surface area contributed by atoms with E-state index in [1.54, 1.807) is 20.8 Å². The molecule has 0 radical (unpaired) electrons. The van der Waals surface area contributed by atoms with Crippen molar-refractivity contribution in [2.45, 2.75) is 63.8 Å². The van der Waals surface area contributed by atoms with E-state index in [1.165, 1.54) is 0 Å². The molecule has 0 saturated carbocycles. The summed E-state index contributed by atoms with van der Waals surface area (Å²) in [5.74, 6) is -1.14. The molecule has 0 unspecified atom stereocenters. The summed E-state index contributed by atoms with van der Waals surface area (Å²) in [5.41, 5.74) is 5.35. The molecule has 2 atom stereocenters. The van der Waals surface area contributed by atoms with Crippen LogP contribution in [0, 0.1) is 0 Å². The molecule has 10 nitrogen and oxygen atoms in total. The first-order chi connectivity index (χ1) is 24.1. The Labute approximate surface area is 293 Å². The number of benzene rings is 4. The van der Waals surface area contributed by atoms with E-state index < -0.39 is 35.8 Å². The van der Waals surface area contributed by atoms with Crippen LogP contribution in [-0.2, 0) is 32.0 Å². The normalized spacial score (nSPS) is 13.2. The summed E-state index contributed by atoms with van der Waals surface area (Å²) in [6.07, 6.45) is -1.21. The van der Waals surface area contributed by atoms with Crippen LogP contribution in [0.4, 0.5) is 9.59 Å². The van der Waals surface area contributed by atoms with Crippen LogP contribution in [0.1, 0.15) is 55.4 Å². The highest BCUT2D eigenvalue weighted by Crippen LogP contribution is 2.44. The SMILES string of the molecule is CC(C)(C)OC(=O)NCC[C@H](NC(=O)OCC1c2ccccc2-c2ccccc21)C(=O)N[C@@H](Cc1ccccc1)C(=O)NCc1ccccc1. The summed E-state index contributed by atoms with van der Waals surface area (Å²) >= 11 is 0. The van der Waals surface area contributed by atoms with Crippen molar-refractivity contribution in [3.05, 3.63) is 131 Å². The van der Waals surface area contributed by atoms with Crippen molar-refractivity contribution >= 4 is 24.0 Å². The molecule has 0 fully saturated rings. The van der Waals surface area contributed by atoms with E-state index in [2.05, 4.69) is 21.3 Å². The Kier molecular flexibility index (Phi) is 11.9. The van der Waals surface area contributed by atoms with Gasteiger partial charge in [0.2, 0.25) is 11.8 Å². The fraction of sp³-hybridized carbons (Fsp3) is 0.300. The number of amides is 4. The molecule has 4 aromatic rings. The van der Waals surface area contributed by atoms with Crippen LogP contribution in [0.5, 0.6) is 0 Å². The first kappa shape index (κ1) is 35.7. The van der Waals surface area contributed by atoms with E-state index in [4.69, 9.17) is 9.47 Å². The summed E-state index contributed by atoms with van der Waals surface area (Å²) in [4.78, 5) is 53.0. The molecule has 4 aromatic carbocycles. The molecule has 1 aliphatic rings. The second-order valence-corrected chi connectivity index (χ2v) is 13.2. The van der Waals surface area contributed by atoms with Crippen molar-refractivity contribution in [3.8, 4) is 11.1 Å². The minimum absolute atomic E-state index is 0.0129. The van der Waals surface area contributed by atoms with Gasteiger partial charge in [-0.2, -0.15) is 0 Å². The van der Waals surface area contributed by atoms with Crippen molar-refractivity contribution < 1.29 is 28.7 Å². The van der Waals surface area contributed by atoms with Crippen molar-refractivity contribution in [3.63, 3.8) is 0 Å². The first-order valence-electron chi connectivity index (χ1n) is 16.8. The Morgan fingerprint density at radius 2 is 1.20 bits per heavy atom. The maximum Gasteiger partial charge on any atom is 0.407 e. The molecule has 5 rings (SSSR count). The van der Waals surface area contributed by atoms with E-state index in [0.717, 1.165) is 33.4 Å². The number of alkyl carbamates (subject to hydrolysis) is 2. The Morgan fingerprint density at radius 3 is 1.80 bits per heavy atom. The summed E-state index contributed by atoms with van der Waals surface area (Å²) in [7, 11) is 0. The van der Waals surface area contributed by atoms with E-state index in [1.807, 2.05) is 109 Å². The third-order valence-electron chi connectivity index (χ3n) is 8.28. The van der Waals surface area contributed by atoms with Gasteiger partial charge in [0, 0.05) is 25.4 Å². The number of carbonyl (C=O) groups excluding carboxylic acids is 4. The van der Waals surface area contributed by atoms with Crippen LogP contribution in [0.2, 0.25) is 0 Å². The summed E-state index contributed by atoms with van der Waals surface area (Å²) in [6.45, 7) is 5.59. The van der Waals surface area contributed by atoms with E-state index in [-0.39, 0.29) is 44.4 Å². The Balaban J connectivity index is 1.28. The topological polar surface area (TPSA) is 135 Å². The minimum atomic E-state index is -1.14. The standard InChI is InChI=1S/C40H44N4O6/c1-40(2,3)50-38(47)41-23-22-34(44-39(48)49-26-33-31-20-12-10-18-29(31)30-19-11-13-21-32(30)33)37(46)43-35(24-27-14-6-4-7-15-27)36(45)42-25-28-16-8-5-9-17-28/h4-21,33-35H,22-26H2,1-3H3,(H,41,47)(H,42,45)(H,43,46)(H,44,48)/t34-,35-/m0/s1. The molecule has 10 heteroatoms. The average Bonchev–Trinajstić information content (AvgIpc) is 3.42. The minimum Gasteiger partial charge on any atom is -0.449 e. The molecule has 260 valence electrons. The Morgan fingerprint density at radius 1 is 0.640 bits per heavy atom. The maximum absolute atomic E-state index is 13.8. The zero-order chi connectivity index (χ0) is 35.5. The van der Waals surface area contributed by atoms with Crippen LogP contribution >= 0.6 is 0 Å². The predicted octanol–water partition coefficient (Wildman–Crippen LogP) is 5.85. The second kappa shape index (κ2) is 16.6. The number of nitrogens with one attached hydrogen (secondary N) is 4.